The van der Waals surface area contributed by atoms with E-state index < -0.39 is 0 Å². The molecule has 5 heteroatoms. The highest BCUT2D eigenvalue weighted by Crippen LogP contribution is 2.46. The van der Waals surface area contributed by atoms with Crippen molar-refractivity contribution in [2.45, 2.75) is 96.9 Å². The lowest BCUT2D eigenvalue weighted by atomic mass is 9.73. The van der Waals surface area contributed by atoms with Gasteiger partial charge in [0.2, 0.25) is 0 Å². The summed E-state index contributed by atoms with van der Waals surface area (Å²) in [5.74, 6) is 2.48. The van der Waals surface area contributed by atoms with Crippen molar-refractivity contribution in [3.63, 3.8) is 0 Å². The molecule has 0 radical (unpaired) electrons. The highest BCUT2D eigenvalue weighted by Gasteiger charge is 2.33. The lowest BCUT2D eigenvalue weighted by Crippen LogP contribution is -2.24. The predicted octanol–water partition coefficient (Wildman–Crippen LogP) is 16.5. The van der Waals surface area contributed by atoms with Crippen LogP contribution in [0.5, 0.6) is 11.5 Å². The van der Waals surface area contributed by atoms with Gasteiger partial charge in [0.05, 0.1) is 17.1 Å². The van der Waals surface area contributed by atoms with Crippen LogP contribution >= 0.6 is 0 Å². The van der Waals surface area contributed by atoms with E-state index in [1.807, 2.05) is 6.20 Å². The molecule has 1 unspecified atom stereocenters. The van der Waals surface area contributed by atoms with Gasteiger partial charge in [-0.3, -0.25) is 4.57 Å². The zero-order valence-corrected chi connectivity index (χ0v) is 41.4. The Kier molecular flexibility index (Phi) is 11.1. The van der Waals surface area contributed by atoms with Gasteiger partial charge in [-0.05, 0) is 110 Å². The molecule has 0 bridgehead atoms. The second-order valence-electron chi connectivity index (χ2n) is 21.9. The average Bonchev–Trinajstić information content (AvgIpc) is 3.86. The summed E-state index contributed by atoms with van der Waals surface area (Å²) in [7, 11) is 0. The number of ether oxygens (including phenoxy) is 1. The largest absolute Gasteiger partial charge is 0.457 e. The fourth-order valence-corrected chi connectivity index (χ4v) is 10.1. The fraction of sp³-hybridized carbons (Fsp3) is 0.254. The number of benzene rings is 7. The first-order valence-corrected chi connectivity index (χ1v) is 24.2. The number of pyridine rings is 1. The molecule has 9 aromatic rings. The number of hydrogen-bond acceptors (Lipinski definition) is 4. The molecule has 0 fully saturated rings. The maximum Gasteiger partial charge on any atom is 0.137 e. The molecule has 0 saturated carbocycles. The molecule has 2 aromatic heterocycles. The molecule has 0 aliphatic carbocycles. The van der Waals surface area contributed by atoms with Gasteiger partial charge in [0.25, 0.3) is 0 Å². The summed E-state index contributed by atoms with van der Waals surface area (Å²) in [4.78, 5) is 7.39. The molecule has 7 aromatic carbocycles. The van der Waals surface area contributed by atoms with Crippen LogP contribution in [0.4, 0.5) is 17.1 Å². The van der Waals surface area contributed by atoms with E-state index in [0.29, 0.717) is 0 Å². The Hall–Kier alpha value is -7.11. The van der Waals surface area contributed by atoms with Crippen LogP contribution in [0.2, 0.25) is 0 Å². The molecule has 0 saturated heterocycles. The van der Waals surface area contributed by atoms with Crippen molar-refractivity contribution >= 4 is 38.9 Å². The third kappa shape index (κ3) is 8.33. The Balaban J connectivity index is 1.02. The molecular weight excluding hydrogens is 829 g/mol. The number of nitrogens with zero attached hydrogens (tertiary/aromatic N) is 3. The van der Waals surface area contributed by atoms with Gasteiger partial charge >= 0.3 is 0 Å². The number of para-hydroxylation sites is 2. The van der Waals surface area contributed by atoms with Gasteiger partial charge in [0.15, 0.2) is 0 Å². The van der Waals surface area contributed by atoms with Crippen LogP contribution in [0.3, 0.4) is 0 Å². The van der Waals surface area contributed by atoms with Gasteiger partial charge < -0.3 is 15.0 Å². The minimum Gasteiger partial charge on any atom is -0.457 e. The summed E-state index contributed by atoms with van der Waals surface area (Å²) >= 11 is 0. The van der Waals surface area contributed by atoms with E-state index in [1.54, 1.807) is 0 Å². The molecule has 5 nitrogen and oxygen atoms in total. The van der Waals surface area contributed by atoms with Crippen molar-refractivity contribution < 1.29 is 4.74 Å². The summed E-state index contributed by atoms with van der Waals surface area (Å²) in [6, 6.07) is 64.1. The smallest absolute Gasteiger partial charge is 0.137 e. The van der Waals surface area contributed by atoms with Gasteiger partial charge in [-0.15, -0.1) is 0 Å². The Morgan fingerprint density at radius 2 is 1.09 bits per heavy atom. The van der Waals surface area contributed by atoms with E-state index in [-0.39, 0.29) is 27.7 Å². The zero-order valence-electron chi connectivity index (χ0n) is 41.4. The predicted molar refractivity (Wildman–Crippen MR) is 286 cm³/mol. The first-order valence-electron chi connectivity index (χ1n) is 24.2. The number of anilines is 3. The Labute approximate surface area is 403 Å². The van der Waals surface area contributed by atoms with Gasteiger partial charge in [-0.2, -0.15) is 0 Å². The molecule has 342 valence electrons. The average molecular weight is 893 g/mol. The number of rotatable bonds is 10. The summed E-state index contributed by atoms with van der Waals surface area (Å²) in [6.45, 7) is 23.7. The second kappa shape index (κ2) is 16.9. The summed E-state index contributed by atoms with van der Waals surface area (Å²) in [5, 5.41) is 6.45. The maximum atomic E-state index is 6.98. The Bertz CT molecular complexity index is 3220. The molecule has 1 aliphatic rings. The lowest BCUT2D eigenvalue weighted by molar-refractivity contribution is 0.479. The molecule has 3 heterocycles. The van der Waals surface area contributed by atoms with Crippen molar-refractivity contribution in [2.24, 2.45) is 0 Å². The van der Waals surface area contributed by atoms with E-state index in [4.69, 9.17) is 9.72 Å². The molecule has 68 heavy (non-hydrogen) atoms. The number of aromatic nitrogens is 2. The first-order chi connectivity index (χ1) is 32.4. The quantitative estimate of drug-likeness (QED) is 0.149. The topological polar surface area (TPSA) is 42.3 Å². The molecular formula is C63H64N4O. The minimum atomic E-state index is -0.223. The highest BCUT2D eigenvalue weighted by atomic mass is 16.5. The molecule has 1 aliphatic heterocycles. The molecule has 0 spiro atoms. The third-order valence-corrected chi connectivity index (χ3v) is 14.5. The molecule has 0 amide bonds. The third-order valence-electron chi connectivity index (χ3n) is 14.5. The summed E-state index contributed by atoms with van der Waals surface area (Å²) in [5.41, 5.74) is 13.9. The molecule has 10 rings (SSSR count). The number of hydrogen-bond donors (Lipinski definition) is 1. The maximum absolute atomic E-state index is 6.98. The van der Waals surface area contributed by atoms with Crippen LogP contribution in [-0.4, -0.2) is 16.1 Å². The zero-order chi connectivity index (χ0) is 47.6. The fourth-order valence-electron chi connectivity index (χ4n) is 10.1. The van der Waals surface area contributed by atoms with E-state index in [1.165, 1.54) is 50.0 Å². The number of fused-ring (bicyclic) bond motifs is 4. The summed E-state index contributed by atoms with van der Waals surface area (Å²) < 4.78 is 9.26. The van der Waals surface area contributed by atoms with Gasteiger partial charge in [0, 0.05) is 63.5 Å². The van der Waals surface area contributed by atoms with Crippen molar-refractivity contribution in [3.8, 4) is 17.3 Å². The first kappa shape index (κ1) is 44.7. The standard InChI is InChI=1S/C63H64N4O/c1-60(2,3)44-31-32-64-59(38-44)67-57-28-20-17-25-52(57)53-30-29-50(40-58(53)67)68-51-37-45(61(4,5)6)36-49(39-51)66-41-55(54-26-18-19-27-56(54)66)65-48-34-46(62(7,8)42-21-13-11-14-22-42)33-47(35-48)63(9,10)43-23-15-12-16-24-43/h11-40,55,65H,41H2,1-10H3. The normalized spacial score (nSPS) is 14.4. The van der Waals surface area contributed by atoms with Crippen molar-refractivity contribution in [1.82, 2.24) is 9.55 Å². The molecule has 1 atom stereocenters. The SMILES string of the molecule is CC(C)(C)c1cc(Oc2ccc3c4ccccc4n(-c4cc(C(C)(C)C)ccn4)c3c2)cc(N2CC(Nc3cc(C(C)(C)c4ccccc4)cc(C(C)(C)c4ccccc4)c3)c3ccccc32)c1. The highest BCUT2D eigenvalue weighted by molar-refractivity contribution is 6.09. The van der Waals surface area contributed by atoms with Crippen molar-refractivity contribution in [3.05, 3.63) is 221 Å². The second-order valence-corrected chi connectivity index (χ2v) is 21.9. The van der Waals surface area contributed by atoms with Crippen LogP contribution in [0, 0.1) is 0 Å². The van der Waals surface area contributed by atoms with Crippen LogP contribution in [0.15, 0.2) is 182 Å². The van der Waals surface area contributed by atoms with Crippen LogP contribution in [0.25, 0.3) is 27.6 Å². The van der Waals surface area contributed by atoms with E-state index in [9.17, 15) is 0 Å². The van der Waals surface area contributed by atoms with Crippen LogP contribution < -0.4 is 15.0 Å². The Morgan fingerprint density at radius 3 is 1.75 bits per heavy atom. The van der Waals surface area contributed by atoms with E-state index in [0.717, 1.165) is 51.7 Å². The van der Waals surface area contributed by atoms with Gasteiger partial charge in [-0.25, -0.2) is 4.98 Å². The number of nitrogens with one attached hydrogen (secondary N) is 1. The van der Waals surface area contributed by atoms with E-state index in [2.05, 4.69) is 260 Å². The van der Waals surface area contributed by atoms with Crippen LogP contribution in [0.1, 0.15) is 114 Å². The minimum absolute atomic E-state index is 0.0134. The van der Waals surface area contributed by atoms with Crippen LogP contribution in [-0.2, 0) is 21.7 Å². The van der Waals surface area contributed by atoms with Gasteiger partial charge in [0.1, 0.15) is 17.3 Å². The van der Waals surface area contributed by atoms with Crippen molar-refractivity contribution in [2.75, 3.05) is 16.8 Å². The monoisotopic (exact) mass is 893 g/mol. The van der Waals surface area contributed by atoms with Gasteiger partial charge in [-0.1, -0.05) is 172 Å². The Morgan fingerprint density at radius 1 is 0.485 bits per heavy atom. The van der Waals surface area contributed by atoms with Crippen molar-refractivity contribution in [1.29, 1.82) is 0 Å². The van der Waals surface area contributed by atoms with E-state index >= 15 is 0 Å². The summed E-state index contributed by atoms with van der Waals surface area (Å²) in [6.07, 6.45) is 1.93. The molecule has 1 N–H and O–H groups in total. The lowest BCUT2D eigenvalue weighted by Gasteiger charge is -2.32.